The number of pyridine rings is 1. The number of non-ortho nitro benzene ring substituents is 1. The molecule has 0 saturated carbocycles. The van der Waals surface area contributed by atoms with Gasteiger partial charge in [0.25, 0.3) is 5.52 Å². The highest BCUT2D eigenvalue weighted by molar-refractivity contribution is 9.10. The molecule has 4 nitrogen and oxygen atoms in total. The van der Waals surface area contributed by atoms with Crippen molar-refractivity contribution in [2.75, 3.05) is 0 Å². The molecule has 0 atom stereocenters. The molecule has 82 valence electrons. The van der Waals surface area contributed by atoms with Gasteiger partial charge in [0.05, 0.1) is 10.3 Å². The van der Waals surface area contributed by atoms with Crippen LogP contribution in [0.5, 0.6) is 0 Å². The molecule has 0 amide bonds. The van der Waals surface area contributed by atoms with E-state index in [0.717, 1.165) is 22.0 Å². The summed E-state index contributed by atoms with van der Waals surface area (Å²) in [5, 5.41) is 11.7. The standard InChI is InChI=1S/C11H9BrN2O2/c1-2-7-3-4-8-9(12)5-6-10(14(15)16)11(8)13-7/h3-6H,2H2,1H3/p+1. The van der Waals surface area contributed by atoms with Crippen molar-refractivity contribution in [1.82, 2.24) is 0 Å². The van der Waals surface area contributed by atoms with Crippen LogP contribution in [0, 0.1) is 10.1 Å². The summed E-state index contributed by atoms with van der Waals surface area (Å²) in [7, 11) is 0. The highest BCUT2D eigenvalue weighted by Crippen LogP contribution is 2.28. The van der Waals surface area contributed by atoms with Gasteiger partial charge < -0.3 is 0 Å². The Labute approximate surface area is 101 Å². The molecule has 2 aromatic rings. The van der Waals surface area contributed by atoms with E-state index in [1.54, 1.807) is 6.07 Å². The van der Waals surface area contributed by atoms with Crippen molar-refractivity contribution < 1.29 is 9.91 Å². The number of hydrogen-bond donors (Lipinski definition) is 0. The van der Waals surface area contributed by atoms with Gasteiger partial charge in [-0.15, -0.1) is 0 Å². The Bertz CT molecular complexity index is 569. The first kappa shape index (κ1) is 11.0. The smallest absolute Gasteiger partial charge is 0.258 e. The highest BCUT2D eigenvalue weighted by atomic mass is 79.9. The van der Waals surface area contributed by atoms with E-state index in [9.17, 15) is 10.1 Å². The van der Waals surface area contributed by atoms with Gasteiger partial charge >= 0.3 is 5.69 Å². The molecule has 0 radical (unpaired) electrons. The molecule has 5 heteroatoms. The van der Waals surface area contributed by atoms with Crippen molar-refractivity contribution in [3.8, 4) is 0 Å². The SMILES string of the molecule is CCc1ccc2c(Br)ccc([N+](=O)[O-])c2[nH+]1. The number of nitro groups is 1. The Hall–Kier alpha value is -1.49. The summed E-state index contributed by atoms with van der Waals surface area (Å²) in [6.07, 6.45) is 0.819. The molecule has 0 fully saturated rings. The number of aromatic amines is 1. The van der Waals surface area contributed by atoms with E-state index in [1.807, 2.05) is 19.1 Å². The molecule has 1 N–H and O–H groups in total. The van der Waals surface area contributed by atoms with Crippen LogP contribution in [0.1, 0.15) is 12.6 Å². The van der Waals surface area contributed by atoms with Gasteiger partial charge in [-0.1, -0.05) is 6.92 Å². The lowest BCUT2D eigenvalue weighted by Crippen LogP contribution is -2.12. The summed E-state index contributed by atoms with van der Waals surface area (Å²) < 4.78 is 0.854. The number of aromatic nitrogens is 1. The zero-order chi connectivity index (χ0) is 11.7. The monoisotopic (exact) mass is 281 g/mol. The fourth-order valence-electron chi connectivity index (χ4n) is 1.62. The first-order chi connectivity index (χ1) is 7.63. The third-order valence-corrected chi connectivity index (χ3v) is 3.18. The molecule has 16 heavy (non-hydrogen) atoms. The summed E-state index contributed by atoms with van der Waals surface area (Å²) in [5.74, 6) is 0. The summed E-state index contributed by atoms with van der Waals surface area (Å²) in [4.78, 5) is 13.6. The van der Waals surface area contributed by atoms with Crippen LogP contribution in [-0.2, 0) is 6.42 Å². The number of nitro benzene ring substituents is 1. The molecule has 0 saturated heterocycles. The molecule has 0 spiro atoms. The van der Waals surface area contributed by atoms with Crippen molar-refractivity contribution in [2.24, 2.45) is 0 Å². The van der Waals surface area contributed by atoms with Crippen LogP contribution in [0.3, 0.4) is 0 Å². The number of hydrogen-bond acceptors (Lipinski definition) is 2. The fourth-order valence-corrected chi connectivity index (χ4v) is 2.08. The van der Waals surface area contributed by atoms with Gasteiger partial charge in [0.1, 0.15) is 0 Å². The normalized spacial score (nSPS) is 10.6. The van der Waals surface area contributed by atoms with Crippen LogP contribution in [-0.4, -0.2) is 4.92 Å². The van der Waals surface area contributed by atoms with Crippen molar-refractivity contribution >= 4 is 32.5 Å². The zero-order valence-electron chi connectivity index (χ0n) is 8.66. The molecule has 2 rings (SSSR count). The number of H-pyrrole nitrogens is 1. The van der Waals surface area contributed by atoms with Crippen LogP contribution in [0.25, 0.3) is 10.9 Å². The van der Waals surface area contributed by atoms with Crippen molar-refractivity contribution in [1.29, 1.82) is 0 Å². The van der Waals surface area contributed by atoms with Gasteiger partial charge in [-0.25, -0.2) is 4.98 Å². The summed E-state index contributed by atoms with van der Waals surface area (Å²) in [5.41, 5.74) is 1.65. The fraction of sp³-hybridized carbons (Fsp3) is 0.182. The molecule has 0 aliphatic rings. The average molecular weight is 282 g/mol. The third-order valence-electron chi connectivity index (χ3n) is 2.48. The van der Waals surface area contributed by atoms with E-state index in [4.69, 9.17) is 0 Å². The maximum Gasteiger partial charge on any atom is 0.340 e. The lowest BCUT2D eigenvalue weighted by Gasteiger charge is -1.98. The minimum atomic E-state index is -0.370. The van der Waals surface area contributed by atoms with Gasteiger partial charge in [-0.05, 0) is 28.1 Å². The highest BCUT2D eigenvalue weighted by Gasteiger charge is 2.20. The molecule has 0 aliphatic heterocycles. The number of nitrogens with zero attached hydrogens (tertiary/aromatic N) is 1. The number of aryl methyl sites for hydroxylation is 1. The summed E-state index contributed by atoms with van der Waals surface area (Å²) in [6, 6.07) is 7.03. The minimum Gasteiger partial charge on any atom is -0.258 e. The van der Waals surface area contributed by atoms with Crippen LogP contribution >= 0.6 is 15.9 Å². The lowest BCUT2D eigenvalue weighted by atomic mass is 10.1. The third kappa shape index (κ3) is 1.78. The predicted molar refractivity (Wildman–Crippen MR) is 64.2 cm³/mol. The van der Waals surface area contributed by atoms with Crippen molar-refractivity contribution in [2.45, 2.75) is 13.3 Å². The average Bonchev–Trinajstić information content (AvgIpc) is 2.28. The van der Waals surface area contributed by atoms with E-state index in [-0.39, 0.29) is 10.6 Å². The first-order valence-electron chi connectivity index (χ1n) is 4.91. The topological polar surface area (TPSA) is 57.3 Å². The Kier molecular flexibility index (Phi) is 2.87. The number of halogens is 1. The molecular weight excluding hydrogens is 272 g/mol. The second-order valence-corrected chi connectivity index (χ2v) is 4.30. The molecule has 0 bridgehead atoms. The zero-order valence-corrected chi connectivity index (χ0v) is 10.2. The predicted octanol–water partition coefficient (Wildman–Crippen LogP) is 2.89. The van der Waals surface area contributed by atoms with Gasteiger partial charge in [0, 0.05) is 23.0 Å². The number of nitrogens with one attached hydrogen (secondary N) is 1. The van der Waals surface area contributed by atoms with Crippen LogP contribution in [0.4, 0.5) is 5.69 Å². The molecular formula is C11H10BrN2O2+. The van der Waals surface area contributed by atoms with E-state index in [1.165, 1.54) is 6.07 Å². The Morgan fingerprint density at radius 3 is 2.75 bits per heavy atom. The number of rotatable bonds is 2. The Morgan fingerprint density at radius 1 is 1.38 bits per heavy atom. The van der Waals surface area contributed by atoms with Crippen LogP contribution in [0.2, 0.25) is 0 Å². The van der Waals surface area contributed by atoms with E-state index >= 15 is 0 Å². The maximum absolute atomic E-state index is 10.9. The molecule has 0 unspecified atom stereocenters. The summed E-state index contributed by atoms with van der Waals surface area (Å²) in [6.45, 7) is 2.00. The minimum absolute atomic E-state index is 0.105. The van der Waals surface area contributed by atoms with Crippen molar-refractivity contribution in [3.63, 3.8) is 0 Å². The Morgan fingerprint density at radius 2 is 2.12 bits per heavy atom. The maximum atomic E-state index is 10.9. The molecule has 1 aromatic carbocycles. The number of benzene rings is 1. The van der Waals surface area contributed by atoms with Gasteiger partial charge in [0.15, 0.2) is 5.69 Å². The molecule has 1 aromatic heterocycles. The lowest BCUT2D eigenvalue weighted by molar-refractivity contribution is -0.403. The van der Waals surface area contributed by atoms with Gasteiger partial charge in [-0.3, -0.25) is 10.1 Å². The number of fused-ring (bicyclic) bond motifs is 1. The van der Waals surface area contributed by atoms with Gasteiger partial charge in [0.2, 0.25) is 0 Å². The second-order valence-electron chi connectivity index (χ2n) is 3.45. The second kappa shape index (κ2) is 4.17. The van der Waals surface area contributed by atoms with Crippen molar-refractivity contribution in [3.05, 3.63) is 44.5 Å². The Balaban J connectivity index is 2.83. The molecule has 1 heterocycles. The first-order valence-corrected chi connectivity index (χ1v) is 5.70. The summed E-state index contributed by atoms with van der Waals surface area (Å²) >= 11 is 3.38. The van der Waals surface area contributed by atoms with E-state index < -0.39 is 0 Å². The van der Waals surface area contributed by atoms with Gasteiger partial charge in [-0.2, -0.15) is 0 Å². The largest absolute Gasteiger partial charge is 0.340 e. The van der Waals surface area contributed by atoms with Crippen LogP contribution < -0.4 is 4.98 Å². The molecule has 0 aliphatic carbocycles. The van der Waals surface area contributed by atoms with E-state index in [2.05, 4.69) is 20.9 Å². The van der Waals surface area contributed by atoms with Crippen LogP contribution in [0.15, 0.2) is 28.7 Å². The quantitative estimate of drug-likeness (QED) is 0.628. The van der Waals surface area contributed by atoms with E-state index in [0.29, 0.717) is 5.52 Å².